The lowest BCUT2D eigenvalue weighted by Crippen LogP contribution is -1.73. The molecular formula is C22H12N2S2. The van der Waals surface area contributed by atoms with Gasteiger partial charge >= 0.3 is 0 Å². The first-order valence-corrected chi connectivity index (χ1v) is 9.54. The van der Waals surface area contributed by atoms with Crippen LogP contribution in [0, 0.1) is 23.7 Å². The number of pyridine rings is 2. The van der Waals surface area contributed by atoms with E-state index in [0.29, 0.717) is 0 Å². The van der Waals surface area contributed by atoms with Crippen molar-refractivity contribution < 1.29 is 0 Å². The zero-order valence-electron chi connectivity index (χ0n) is 13.6. The molecule has 0 unspecified atom stereocenters. The molecule has 0 fully saturated rings. The van der Waals surface area contributed by atoms with E-state index in [1.807, 2.05) is 24.3 Å². The topological polar surface area (TPSA) is 25.8 Å². The highest BCUT2D eigenvalue weighted by Crippen LogP contribution is 2.33. The van der Waals surface area contributed by atoms with Gasteiger partial charge in [-0.25, -0.2) is 0 Å². The van der Waals surface area contributed by atoms with Gasteiger partial charge in [0.1, 0.15) is 0 Å². The van der Waals surface area contributed by atoms with E-state index in [4.69, 9.17) is 0 Å². The average Bonchev–Trinajstić information content (AvgIpc) is 3.36. The van der Waals surface area contributed by atoms with Crippen LogP contribution < -0.4 is 0 Å². The zero-order chi connectivity index (χ0) is 17.6. The first-order valence-electron chi connectivity index (χ1n) is 7.91. The van der Waals surface area contributed by atoms with Crippen molar-refractivity contribution in [3.8, 4) is 33.4 Å². The molecule has 0 N–H and O–H groups in total. The fourth-order valence-electron chi connectivity index (χ4n) is 2.21. The molecule has 0 saturated heterocycles. The summed E-state index contributed by atoms with van der Waals surface area (Å²) in [5.41, 5.74) is 1.94. The van der Waals surface area contributed by atoms with Crippen LogP contribution in [0.15, 0.2) is 73.3 Å². The third-order valence-electron chi connectivity index (χ3n) is 3.48. The third kappa shape index (κ3) is 4.07. The van der Waals surface area contributed by atoms with E-state index in [2.05, 4.69) is 57.9 Å². The van der Waals surface area contributed by atoms with Gasteiger partial charge in [0.05, 0.1) is 9.75 Å². The van der Waals surface area contributed by atoms with Crippen LogP contribution in [0.1, 0.15) is 20.9 Å². The Hall–Kier alpha value is -3.18. The highest BCUT2D eigenvalue weighted by atomic mass is 32.1. The summed E-state index contributed by atoms with van der Waals surface area (Å²) >= 11 is 3.40. The van der Waals surface area contributed by atoms with Crippen molar-refractivity contribution in [3.05, 3.63) is 94.2 Å². The van der Waals surface area contributed by atoms with Crippen molar-refractivity contribution in [1.82, 2.24) is 9.97 Å². The molecule has 4 aromatic rings. The quantitative estimate of drug-likeness (QED) is 0.439. The van der Waals surface area contributed by atoms with Gasteiger partial charge in [-0.3, -0.25) is 9.97 Å². The average molecular weight is 368 g/mol. The SMILES string of the molecule is C(#Cc1ccc(-c2ccc(C#Cc3ccncc3)s2)s1)c1ccncc1. The second-order valence-electron chi connectivity index (χ2n) is 5.30. The smallest absolute Gasteiger partial charge is 0.0779 e. The Morgan fingerprint density at radius 2 is 0.923 bits per heavy atom. The number of aromatic nitrogens is 2. The molecule has 26 heavy (non-hydrogen) atoms. The van der Waals surface area contributed by atoms with Crippen LogP contribution in [-0.4, -0.2) is 9.97 Å². The van der Waals surface area contributed by atoms with Gasteiger partial charge < -0.3 is 0 Å². The number of hydrogen-bond donors (Lipinski definition) is 0. The van der Waals surface area contributed by atoms with E-state index >= 15 is 0 Å². The number of rotatable bonds is 1. The summed E-state index contributed by atoms with van der Waals surface area (Å²) in [5, 5.41) is 0. The third-order valence-corrected chi connectivity index (χ3v) is 5.67. The largest absolute Gasteiger partial charge is 0.265 e. The van der Waals surface area contributed by atoms with Gasteiger partial charge in [0.25, 0.3) is 0 Å². The van der Waals surface area contributed by atoms with E-state index < -0.39 is 0 Å². The predicted octanol–water partition coefficient (Wildman–Crippen LogP) is 5.07. The van der Waals surface area contributed by atoms with E-state index in [0.717, 1.165) is 20.9 Å². The molecule has 0 aliphatic rings. The lowest BCUT2D eigenvalue weighted by molar-refractivity contribution is 1.32. The summed E-state index contributed by atoms with van der Waals surface area (Å²) < 4.78 is 0. The second-order valence-corrected chi connectivity index (χ2v) is 7.47. The Morgan fingerprint density at radius 1 is 0.500 bits per heavy atom. The van der Waals surface area contributed by atoms with Gasteiger partial charge in [-0.15, -0.1) is 22.7 Å². The van der Waals surface area contributed by atoms with E-state index in [-0.39, 0.29) is 0 Å². The molecule has 122 valence electrons. The first-order chi connectivity index (χ1) is 12.9. The van der Waals surface area contributed by atoms with Crippen LogP contribution >= 0.6 is 22.7 Å². The van der Waals surface area contributed by atoms with Crippen LogP contribution in [0.4, 0.5) is 0 Å². The zero-order valence-corrected chi connectivity index (χ0v) is 15.3. The van der Waals surface area contributed by atoms with Gasteiger partial charge in [0, 0.05) is 45.7 Å². The molecule has 0 saturated carbocycles. The van der Waals surface area contributed by atoms with Gasteiger partial charge in [-0.1, -0.05) is 23.7 Å². The van der Waals surface area contributed by atoms with Gasteiger partial charge in [-0.05, 0) is 48.5 Å². The molecule has 0 bridgehead atoms. The first kappa shape index (κ1) is 16.3. The van der Waals surface area contributed by atoms with Crippen molar-refractivity contribution in [3.63, 3.8) is 0 Å². The van der Waals surface area contributed by atoms with Crippen molar-refractivity contribution in [2.24, 2.45) is 0 Å². The number of nitrogens with zero attached hydrogens (tertiary/aromatic N) is 2. The van der Waals surface area contributed by atoms with E-state index in [1.165, 1.54) is 9.75 Å². The minimum absolute atomic E-state index is 0.972. The summed E-state index contributed by atoms with van der Waals surface area (Å²) in [6, 6.07) is 16.0. The van der Waals surface area contributed by atoms with Crippen LogP contribution in [0.2, 0.25) is 0 Å². The van der Waals surface area contributed by atoms with Crippen LogP contribution in [0.25, 0.3) is 9.75 Å². The highest BCUT2D eigenvalue weighted by Gasteiger charge is 2.04. The van der Waals surface area contributed by atoms with Gasteiger partial charge in [0.15, 0.2) is 0 Å². The van der Waals surface area contributed by atoms with E-state index in [1.54, 1.807) is 47.5 Å². The predicted molar refractivity (Wildman–Crippen MR) is 108 cm³/mol. The number of thiophene rings is 2. The summed E-state index contributed by atoms with van der Waals surface area (Å²) in [5.74, 6) is 12.8. The summed E-state index contributed by atoms with van der Waals surface area (Å²) in [6.07, 6.45) is 7.02. The Labute approximate surface area is 160 Å². The molecule has 4 heterocycles. The maximum atomic E-state index is 4.00. The molecular weight excluding hydrogens is 356 g/mol. The Kier molecular flexibility index (Phi) is 4.89. The summed E-state index contributed by atoms with van der Waals surface area (Å²) in [6.45, 7) is 0. The van der Waals surface area contributed by atoms with Crippen molar-refractivity contribution in [1.29, 1.82) is 0 Å². The maximum Gasteiger partial charge on any atom is 0.0779 e. The van der Waals surface area contributed by atoms with Crippen LogP contribution in [-0.2, 0) is 0 Å². The Morgan fingerprint density at radius 3 is 1.35 bits per heavy atom. The van der Waals surface area contributed by atoms with Crippen LogP contribution in [0.3, 0.4) is 0 Å². The molecule has 0 radical (unpaired) electrons. The molecule has 0 atom stereocenters. The fraction of sp³-hybridized carbons (Fsp3) is 0. The molecule has 0 aliphatic carbocycles. The molecule has 0 aliphatic heterocycles. The molecule has 0 amide bonds. The summed E-state index contributed by atoms with van der Waals surface area (Å²) in [7, 11) is 0. The molecule has 0 spiro atoms. The van der Waals surface area contributed by atoms with Crippen molar-refractivity contribution >= 4 is 22.7 Å². The van der Waals surface area contributed by atoms with Crippen molar-refractivity contribution in [2.75, 3.05) is 0 Å². The normalized spacial score (nSPS) is 9.69. The lowest BCUT2D eigenvalue weighted by atomic mass is 10.2. The fourth-order valence-corrected chi connectivity index (χ4v) is 4.02. The van der Waals surface area contributed by atoms with Gasteiger partial charge in [0.2, 0.25) is 0 Å². The minimum atomic E-state index is 0.972. The minimum Gasteiger partial charge on any atom is -0.265 e. The molecule has 4 aromatic heterocycles. The Bertz CT molecular complexity index is 1040. The number of hydrogen-bond acceptors (Lipinski definition) is 4. The molecule has 0 aromatic carbocycles. The molecule has 4 rings (SSSR count). The highest BCUT2D eigenvalue weighted by molar-refractivity contribution is 7.22. The van der Waals surface area contributed by atoms with Crippen molar-refractivity contribution in [2.45, 2.75) is 0 Å². The second kappa shape index (κ2) is 7.80. The lowest BCUT2D eigenvalue weighted by Gasteiger charge is -1.88. The Balaban J connectivity index is 1.51. The van der Waals surface area contributed by atoms with Crippen LogP contribution in [0.5, 0.6) is 0 Å². The molecule has 2 nitrogen and oxygen atoms in total. The molecule has 4 heteroatoms. The standard InChI is InChI=1S/C22H12N2S2/c1(17-9-13-23-14-10-17)3-19-5-7-21(25-19)22-8-6-20(26-22)4-2-18-11-15-24-16-12-18/h5-16H. The van der Waals surface area contributed by atoms with Gasteiger partial charge in [-0.2, -0.15) is 0 Å². The monoisotopic (exact) mass is 368 g/mol. The summed E-state index contributed by atoms with van der Waals surface area (Å²) in [4.78, 5) is 12.5. The van der Waals surface area contributed by atoms with E-state index in [9.17, 15) is 0 Å². The maximum absolute atomic E-state index is 4.00.